The number of carboxylic acid groups (broad SMARTS) is 1. The number of hydrazone groups is 1. The number of amides is 3. The second-order valence-electron chi connectivity index (χ2n) is 11.2. The average molecular weight is 546 g/mol. The van der Waals surface area contributed by atoms with Crippen LogP contribution in [0.4, 0.5) is 4.79 Å². The standard InChI is InChI=1S/C30H35N5O5/c1-29(2,3)35(28(38)39)24(14-16-40-23-12-8-11-22(17-23)19-31)26(36)34-15-13-25-30(20-34,27(37)33(4)32-25)18-21-9-6-5-7-10-21/h5-12,17,24H,13-16,18,20H2,1-4H3,(H,38,39). The predicted molar refractivity (Wildman–Crippen MR) is 149 cm³/mol. The molecule has 0 spiro atoms. The van der Waals surface area contributed by atoms with Gasteiger partial charge in [-0.1, -0.05) is 36.4 Å². The number of hydrogen-bond donors (Lipinski definition) is 1. The fourth-order valence-electron chi connectivity index (χ4n) is 5.62. The van der Waals surface area contributed by atoms with Crippen molar-refractivity contribution in [3.8, 4) is 11.8 Å². The van der Waals surface area contributed by atoms with E-state index in [-0.39, 0.29) is 31.4 Å². The number of nitriles is 1. The van der Waals surface area contributed by atoms with Gasteiger partial charge in [0.25, 0.3) is 5.91 Å². The molecule has 2 heterocycles. The molecule has 1 saturated heterocycles. The summed E-state index contributed by atoms with van der Waals surface area (Å²) in [6.45, 7) is 5.73. The Balaban J connectivity index is 1.61. The highest BCUT2D eigenvalue weighted by Gasteiger charge is 2.54. The molecule has 210 valence electrons. The minimum atomic E-state index is -1.22. The lowest BCUT2D eigenvalue weighted by Gasteiger charge is -2.44. The van der Waals surface area contributed by atoms with Gasteiger partial charge >= 0.3 is 6.09 Å². The van der Waals surface area contributed by atoms with Crippen LogP contribution in [0, 0.1) is 16.7 Å². The fourth-order valence-corrected chi connectivity index (χ4v) is 5.62. The molecule has 2 aliphatic heterocycles. The van der Waals surface area contributed by atoms with E-state index in [2.05, 4.69) is 11.2 Å². The second-order valence-corrected chi connectivity index (χ2v) is 11.2. The molecule has 40 heavy (non-hydrogen) atoms. The summed E-state index contributed by atoms with van der Waals surface area (Å²) in [5.74, 6) is -0.0873. The zero-order valence-electron chi connectivity index (χ0n) is 23.3. The zero-order valence-corrected chi connectivity index (χ0v) is 23.3. The molecule has 2 atom stereocenters. The lowest BCUT2D eigenvalue weighted by atomic mass is 9.73. The van der Waals surface area contributed by atoms with Crippen molar-refractivity contribution >= 4 is 23.6 Å². The van der Waals surface area contributed by atoms with Crippen LogP contribution in [0.5, 0.6) is 5.75 Å². The molecule has 0 aliphatic carbocycles. The van der Waals surface area contributed by atoms with Crippen molar-refractivity contribution in [3.05, 3.63) is 65.7 Å². The van der Waals surface area contributed by atoms with Gasteiger partial charge in [-0.15, -0.1) is 0 Å². The van der Waals surface area contributed by atoms with E-state index in [0.717, 1.165) is 11.3 Å². The van der Waals surface area contributed by atoms with Gasteiger partial charge in [-0.2, -0.15) is 10.4 Å². The van der Waals surface area contributed by atoms with Crippen molar-refractivity contribution in [2.45, 2.75) is 51.6 Å². The summed E-state index contributed by atoms with van der Waals surface area (Å²) in [6.07, 6.45) is -0.311. The Morgan fingerprint density at radius 2 is 1.93 bits per heavy atom. The minimum absolute atomic E-state index is 0.0581. The Morgan fingerprint density at radius 3 is 2.58 bits per heavy atom. The smallest absolute Gasteiger partial charge is 0.408 e. The van der Waals surface area contributed by atoms with Gasteiger partial charge in [0.1, 0.15) is 17.2 Å². The summed E-state index contributed by atoms with van der Waals surface area (Å²) in [6, 6.07) is 17.3. The largest absolute Gasteiger partial charge is 0.493 e. The molecule has 0 bridgehead atoms. The molecule has 10 nitrogen and oxygen atoms in total. The molecule has 2 aliphatic rings. The monoisotopic (exact) mass is 545 g/mol. The maximum Gasteiger partial charge on any atom is 0.408 e. The van der Waals surface area contributed by atoms with Crippen LogP contribution >= 0.6 is 0 Å². The SMILES string of the molecule is CN1N=C2CCN(C(=O)C(CCOc3cccc(C#N)c3)N(C(=O)O)C(C)(C)C)CC2(Cc2ccccc2)C1=O. The molecular formula is C30H35N5O5. The normalized spacial score (nSPS) is 19.4. The molecule has 2 unspecified atom stereocenters. The molecule has 1 fully saturated rings. The van der Waals surface area contributed by atoms with E-state index in [1.165, 1.54) is 9.91 Å². The predicted octanol–water partition coefficient (Wildman–Crippen LogP) is 3.76. The molecule has 0 radical (unpaired) electrons. The van der Waals surface area contributed by atoms with E-state index in [0.29, 0.717) is 30.7 Å². The third-order valence-corrected chi connectivity index (χ3v) is 7.41. The maximum absolute atomic E-state index is 14.2. The van der Waals surface area contributed by atoms with Crippen LogP contribution in [-0.2, 0) is 16.0 Å². The van der Waals surface area contributed by atoms with Crippen molar-refractivity contribution in [1.29, 1.82) is 5.26 Å². The van der Waals surface area contributed by atoms with Crippen LogP contribution in [0.2, 0.25) is 0 Å². The van der Waals surface area contributed by atoms with Crippen LogP contribution in [0.15, 0.2) is 59.7 Å². The quantitative estimate of drug-likeness (QED) is 0.538. The second kappa shape index (κ2) is 11.4. The van der Waals surface area contributed by atoms with Crippen molar-refractivity contribution in [2.75, 3.05) is 26.7 Å². The Morgan fingerprint density at radius 1 is 1.20 bits per heavy atom. The highest BCUT2D eigenvalue weighted by Crippen LogP contribution is 2.38. The maximum atomic E-state index is 14.2. The molecule has 1 N–H and O–H groups in total. The summed E-state index contributed by atoms with van der Waals surface area (Å²) in [7, 11) is 1.62. The van der Waals surface area contributed by atoms with E-state index >= 15 is 0 Å². The molecule has 4 rings (SSSR count). The summed E-state index contributed by atoms with van der Waals surface area (Å²) in [5, 5.41) is 25.2. The van der Waals surface area contributed by atoms with Crippen LogP contribution in [0.25, 0.3) is 0 Å². The van der Waals surface area contributed by atoms with Crippen molar-refractivity contribution in [3.63, 3.8) is 0 Å². The van der Waals surface area contributed by atoms with Crippen molar-refractivity contribution in [2.24, 2.45) is 10.5 Å². The van der Waals surface area contributed by atoms with Crippen LogP contribution in [0.3, 0.4) is 0 Å². The van der Waals surface area contributed by atoms with Gasteiger partial charge in [-0.3, -0.25) is 14.5 Å². The van der Waals surface area contributed by atoms with Gasteiger partial charge in [0.15, 0.2) is 0 Å². The molecule has 3 amide bonds. The number of hydrogen-bond acceptors (Lipinski definition) is 6. The Labute approximate surface area is 234 Å². The summed E-state index contributed by atoms with van der Waals surface area (Å²) < 4.78 is 5.84. The van der Waals surface area contributed by atoms with Crippen LogP contribution in [-0.4, -0.2) is 81.9 Å². The summed E-state index contributed by atoms with van der Waals surface area (Å²) >= 11 is 0. The lowest BCUT2D eigenvalue weighted by Crippen LogP contribution is -2.62. The first-order valence-corrected chi connectivity index (χ1v) is 13.3. The third kappa shape index (κ3) is 5.78. The van der Waals surface area contributed by atoms with Gasteiger partial charge in [0.05, 0.1) is 24.0 Å². The average Bonchev–Trinajstić information content (AvgIpc) is 3.16. The summed E-state index contributed by atoms with van der Waals surface area (Å²) in [5.41, 5.74) is 0.266. The molecule has 10 heteroatoms. The molecule has 2 aromatic rings. The Kier molecular flexibility index (Phi) is 8.14. The van der Waals surface area contributed by atoms with E-state index in [1.54, 1.807) is 57.0 Å². The van der Waals surface area contributed by atoms with Crippen molar-refractivity contribution in [1.82, 2.24) is 14.8 Å². The highest BCUT2D eigenvalue weighted by molar-refractivity contribution is 6.13. The van der Waals surface area contributed by atoms with Gasteiger partial charge < -0.3 is 14.7 Å². The van der Waals surface area contributed by atoms with Crippen molar-refractivity contribution < 1.29 is 24.2 Å². The number of piperidine rings is 1. The van der Waals surface area contributed by atoms with Crippen LogP contribution < -0.4 is 4.74 Å². The van der Waals surface area contributed by atoms with E-state index in [4.69, 9.17) is 10.00 Å². The number of likely N-dealkylation sites (tertiary alicyclic amines) is 1. The number of benzene rings is 2. The number of carbonyl (C=O) groups is 3. The summed E-state index contributed by atoms with van der Waals surface area (Å²) in [4.78, 5) is 42.9. The number of rotatable bonds is 8. The minimum Gasteiger partial charge on any atom is -0.493 e. The van der Waals surface area contributed by atoms with Gasteiger partial charge in [-0.25, -0.2) is 9.80 Å². The van der Waals surface area contributed by atoms with Gasteiger partial charge in [-0.05, 0) is 51.0 Å². The lowest BCUT2D eigenvalue weighted by molar-refractivity contribution is -0.144. The van der Waals surface area contributed by atoms with E-state index in [9.17, 15) is 19.5 Å². The highest BCUT2D eigenvalue weighted by atomic mass is 16.5. The first-order chi connectivity index (χ1) is 19.0. The zero-order chi connectivity index (χ0) is 29.1. The third-order valence-electron chi connectivity index (χ3n) is 7.41. The number of ether oxygens (including phenoxy) is 1. The van der Waals surface area contributed by atoms with Gasteiger partial charge in [0, 0.05) is 38.5 Å². The van der Waals surface area contributed by atoms with E-state index in [1.807, 2.05) is 30.3 Å². The fraction of sp³-hybridized carbons (Fsp3) is 0.433. The number of nitrogens with zero attached hydrogens (tertiary/aromatic N) is 5. The number of fused-ring (bicyclic) bond motifs is 1. The first-order valence-electron chi connectivity index (χ1n) is 13.3. The topological polar surface area (TPSA) is 127 Å². The molecular weight excluding hydrogens is 510 g/mol. The van der Waals surface area contributed by atoms with Crippen LogP contribution in [0.1, 0.15) is 44.7 Å². The van der Waals surface area contributed by atoms with Gasteiger partial charge in [0.2, 0.25) is 5.91 Å². The molecule has 0 saturated carbocycles. The molecule has 2 aromatic carbocycles. The first kappa shape index (κ1) is 28.6. The molecule has 0 aromatic heterocycles. The van der Waals surface area contributed by atoms with E-state index < -0.39 is 23.1 Å². The Bertz CT molecular complexity index is 1350. The Hall–Kier alpha value is -4.39. The number of carbonyl (C=O) groups excluding carboxylic acids is 2.